The van der Waals surface area contributed by atoms with Crippen molar-refractivity contribution in [3.63, 3.8) is 0 Å². The van der Waals surface area contributed by atoms with E-state index in [2.05, 4.69) is 10.6 Å². The van der Waals surface area contributed by atoms with Crippen molar-refractivity contribution in [2.24, 2.45) is 5.92 Å². The average Bonchev–Trinajstić information content (AvgIpc) is 2.40. The topological polar surface area (TPSA) is 41.1 Å². The molecule has 0 aromatic rings. The highest BCUT2D eigenvalue weighted by Gasteiger charge is 2.43. The van der Waals surface area contributed by atoms with Crippen LogP contribution >= 0.6 is 0 Å². The van der Waals surface area contributed by atoms with Crippen LogP contribution in [0.15, 0.2) is 0 Å². The van der Waals surface area contributed by atoms with E-state index in [1.165, 1.54) is 0 Å². The first kappa shape index (κ1) is 12.2. The Balaban J connectivity index is 2.28. The van der Waals surface area contributed by atoms with Gasteiger partial charge < -0.3 is 10.6 Å². The Morgan fingerprint density at radius 2 is 2.20 bits per heavy atom. The Morgan fingerprint density at radius 3 is 2.67 bits per heavy atom. The summed E-state index contributed by atoms with van der Waals surface area (Å²) in [5.41, 5.74) is 0. The molecular formula is C10H18F2N2O. The lowest BCUT2D eigenvalue weighted by atomic mass is 10.1. The van der Waals surface area contributed by atoms with Gasteiger partial charge in [0, 0.05) is 24.9 Å². The Bertz CT molecular complexity index is 231. The molecule has 1 saturated carbocycles. The second-order valence-corrected chi connectivity index (χ2v) is 4.36. The first-order valence-electron chi connectivity index (χ1n) is 5.34. The molecule has 2 N–H and O–H groups in total. The molecule has 1 atom stereocenters. The Morgan fingerprint density at radius 1 is 1.53 bits per heavy atom. The van der Waals surface area contributed by atoms with Crippen LogP contribution in [0.3, 0.4) is 0 Å². The fourth-order valence-electron chi connectivity index (χ4n) is 1.78. The summed E-state index contributed by atoms with van der Waals surface area (Å²) >= 11 is 0. The van der Waals surface area contributed by atoms with E-state index in [1.807, 2.05) is 13.8 Å². The first-order chi connectivity index (χ1) is 6.92. The highest BCUT2D eigenvalue weighted by atomic mass is 19.3. The van der Waals surface area contributed by atoms with Crippen LogP contribution in [0.25, 0.3) is 0 Å². The van der Waals surface area contributed by atoms with E-state index >= 15 is 0 Å². The van der Waals surface area contributed by atoms with Crippen molar-refractivity contribution in [2.75, 3.05) is 6.54 Å². The number of urea groups is 1. The van der Waals surface area contributed by atoms with Crippen molar-refractivity contribution in [1.82, 2.24) is 10.6 Å². The first-order valence-corrected chi connectivity index (χ1v) is 5.34. The molecule has 0 aromatic carbocycles. The van der Waals surface area contributed by atoms with E-state index < -0.39 is 11.8 Å². The summed E-state index contributed by atoms with van der Waals surface area (Å²) in [7, 11) is 0. The average molecular weight is 220 g/mol. The van der Waals surface area contributed by atoms with E-state index in [1.54, 1.807) is 0 Å². The van der Waals surface area contributed by atoms with Crippen LogP contribution in [0.4, 0.5) is 13.6 Å². The molecule has 5 heteroatoms. The summed E-state index contributed by atoms with van der Waals surface area (Å²) in [4.78, 5) is 11.2. The van der Waals surface area contributed by atoms with E-state index in [0.29, 0.717) is 12.8 Å². The molecule has 1 unspecified atom stereocenters. The zero-order valence-electron chi connectivity index (χ0n) is 9.15. The summed E-state index contributed by atoms with van der Waals surface area (Å²) in [6.45, 7) is 3.71. The number of halogens is 2. The highest BCUT2D eigenvalue weighted by Crippen LogP contribution is 2.39. The van der Waals surface area contributed by atoms with Crippen molar-refractivity contribution in [2.45, 2.75) is 45.1 Å². The number of hydrogen-bond acceptors (Lipinski definition) is 1. The van der Waals surface area contributed by atoms with Crippen LogP contribution < -0.4 is 10.6 Å². The van der Waals surface area contributed by atoms with Crippen LogP contribution in [-0.4, -0.2) is 24.5 Å². The van der Waals surface area contributed by atoms with Crippen LogP contribution in [0.5, 0.6) is 0 Å². The maximum Gasteiger partial charge on any atom is 0.314 e. The van der Waals surface area contributed by atoms with Crippen molar-refractivity contribution in [3.05, 3.63) is 0 Å². The molecular weight excluding hydrogens is 202 g/mol. The van der Waals surface area contributed by atoms with Gasteiger partial charge in [-0.05, 0) is 26.7 Å². The highest BCUT2D eigenvalue weighted by molar-refractivity contribution is 5.74. The molecule has 3 nitrogen and oxygen atoms in total. The van der Waals surface area contributed by atoms with Gasteiger partial charge in [-0.1, -0.05) is 0 Å². The van der Waals surface area contributed by atoms with Gasteiger partial charge >= 0.3 is 6.03 Å². The van der Waals surface area contributed by atoms with Crippen LogP contribution in [0.1, 0.15) is 33.1 Å². The number of alkyl halides is 2. The summed E-state index contributed by atoms with van der Waals surface area (Å²) < 4.78 is 26.3. The summed E-state index contributed by atoms with van der Waals surface area (Å²) in [6, 6.07) is -0.346. The lowest BCUT2D eigenvalue weighted by Gasteiger charge is -2.19. The van der Waals surface area contributed by atoms with Gasteiger partial charge in [0.15, 0.2) is 0 Å². The fraction of sp³-hybridized carbons (Fsp3) is 0.900. The van der Waals surface area contributed by atoms with E-state index in [0.717, 1.165) is 0 Å². The largest absolute Gasteiger partial charge is 0.338 e. The summed E-state index contributed by atoms with van der Waals surface area (Å²) in [6.07, 6.45) is 0.991. The molecule has 1 fully saturated rings. The van der Waals surface area contributed by atoms with Crippen molar-refractivity contribution in [3.8, 4) is 0 Å². The number of hydrogen-bond donors (Lipinski definition) is 2. The molecule has 0 aliphatic heterocycles. The van der Waals surface area contributed by atoms with Gasteiger partial charge in [-0.2, -0.15) is 0 Å². The molecule has 1 aliphatic carbocycles. The van der Waals surface area contributed by atoms with Crippen molar-refractivity contribution >= 4 is 6.03 Å². The number of carbonyl (C=O) groups excluding carboxylic acids is 1. The van der Waals surface area contributed by atoms with E-state index in [-0.39, 0.29) is 25.0 Å². The number of rotatable bonds is 3. The Labute approximate surface area is 88.6 Å². The van der Waals surface area contributed by atoms with Gasteiger partial charge in [-0.25, -0.2) is 13.6 Å². The Kier molecular flexibility index (Phi) is 3.88. The van der Waals surface area contributed by atoms with Gasteiger partial charge in [0.05, 0.1) is 0 Å². The predicted molar refractivity (Wildman–Crippen MR) is 54.0 cm³/mol. The van der Waals surface area contributed by atoms with Crippen LogP contribution in [-0.2, 0) is 0 Å². The van der Waals surface area contributed by atoms with Gasteiger partial charge in [0.25, 0.3) is 5.92 Å². The minimum Gasteiger partial charge on any atom is -0.338 e. The van der Waals surface area contributed by atoms with Crippen molar-refractivity contribution < 1.29 is 13.6 Å². The third-order valence-electron chi connectivity index (χ3n) is 2.59. The molecule has 0 spiro atoms. The maximum atomic E-state index is 13.2. The monoisotopic (exact) mass is 220 g/mol. The molecule has 0 bridgehead atoms. The van der Waals surface area contributed by atoms with Crippen molar-refractivity contribution in [1.29, 1.82) is 0 Å². The smallest absolute Gasteiger partial charge is 0.314 e. The number of nitrogens with one attached hydrogen (secondary N) is 2. The standard InChI is InChI=1S/C10H18F2N2O/c1-7(2)14-9(15)13-6-8-4-3-5-10(8,11)12/h7-8H,3-6H2,1-2H3,(H2,13,14,15). The molecule has 0 aromatic heterocycles. The fourth-order valence-corrected chi connectivity index (χ4v) is 1.78. The molecule has 0 heterocycles. The minimum atomic E-state index is -2.61. The third-order valence-corrected chi connectivity index (χ3v) is 2.59. The molecule has 2 amide bonds. The number of carbonyl (C=O) groups is 1. The summed E-state index contributed by atoms with van der Waals surface area (Å²) in [5, 5.41) is 5.08. The van der Waals surface area contributed by atoms with Crippen LogP contribution in [0.2, 0.25) is 0 Å². The van der Waals surface area contributed by atoms with Gasteiger partial charge in [0.2, 0.25) is 0 Å². The van der Waals surface area contributed by atoms with Gasteiger partial charge in [-0.3, -0.25) is 0 Å². The molecule has 88 valence electrons. The lowest BCUT2D eigenvalue weighted by molar-refractivity contribution is -0.0349. The quantitative estimate of drug-likeness (QED) is 0.751. The maximum absolute atomic E-state index is 13.2. The predicted octanol–water partition coefficient (Wildman–Crippen LogP) is 2.13. The number of amides is 2. The normalized spacial score (nSPS) is 24.2. The molecule has 15 heavy (non-hydrogen) atoms. The second-order valence-electron chi connectivity index (χ2n) is 4.36. The van der Waals surface area contributed by atoms with E-state index in [4.69, 9.17) is 0 Å². The summed E-state index contributed by atoms with van der Waals surface area (Å²) in [5.74, 6) is -3.30. The molecule has 0 radical (unpaired) electrons. The second kappa shape index (κ2) is 4.77. The van der Waals surface area contributed by atoms with Crippen LogP contribution in [0, 0.1) is 5.92 Å². The molecule has 0 saturated heterocycles. The zero-order chi connectivity index (χ0) is 11.5. The zero-order valence-corrected chi connectivity index (χ0v) is 9.15. The van der Waals surface area contributed by atoms with Gasteiger partial charge in [-0.15, -0.1) is 0 Å². The third kappa shape index (κ3) is 3.64. The minimum absolute atomic E-state index is 0.0223. The molecule has 1 rings (SSSR count). The van der Waals surface area contributed by atoms with Gasteiger partial charge in [0.1, 0.15) is 0 Å². The SMILES string of the molecule is CC(C)NC(=O)NCC1CCCC1(F)F. The van der Waals surface area contributed by atoms with E-state index in [9.17, 15) is 13.6 Å². The Hall–Kier alpha value is -0.870. The molecule has 1 aliphatic rings. The lowest BCUT2D eigenvalue weighted by Crippen LogP contribution is -2.43.